The third-order valence-corrected chi connectivity index (χ3v) is 9.15. The highest BCUT2D eigenvalue weighted by Crippen LogP contribution is 2.39. The van der Waals surface area contributed by atoms with Crippen molar-refractivity contribution in [3.05, 3.63) is 111 Å². The molecule has 1 aliphatic carbocycles. The molecule has 222 valence electrons. The van der Waals surface area contributed by atoms with Crippen LogP contribution in [0, 0.1) is 5.82 Å². The van der Waals surface area contributed by atoms with Gasteiger partial charge in [-0.05, 0) is 85.8 Å². The van der Waals surface area contributed by atoms with Crippen LogP contribution in [0.25, 0.3) is 27.2 Å². The average molecular weight is 681 g/mol. The van der Waals surface area contributed by atoms with Crippen molar-refractivity contribution >= 4 is 54.7 Å². The largest absolute Gasteiger partial charge is 0.423 e. The lowest BCUT2D eigenvalue weighted by atomic mass is 9.97. The van der Waals surface area contributed by atoms with E-state index in [-0.39, 0.29) is 11.4 Å². The van der Waals surface area contributed by atoms with Crippen molar-refractivity contribution in [1.82, 2.24) is 14.5 Å². The second kappa shape index (κ2) is 11.3. The van der Waals surface area contributed by atoms with E-state index in [0.717, 1.165) is 57.6 Å². The number of hydrogen-bond donors (Lipinski definition) is 1. The minimum absolute atomic E-state index is 0.0933. The van der Waals surface area contributed by atoms with Gasteiger partial charge in [0.1, 0.15) is 22.8 Å². The van der Waals surface area contributed by atoms with Gasteiger partial charge in [-0.1, -0.05) is 28.1 Å². The zero-order valence-corrected chi connectivity index (χ0v) is 25.2. The lowest BCUT2D eigenvalue weighted by Gasteiger charge is -2.12. The number of aryl methyl sites for hydroxylation is 2. The molecule has 12 heteroatoms. The summed E-state index contributed by atoms with van der Waals surface area (Å²) in [7, 11) is 0. The molecule has 0 saturated carbocycles. The Balaban J connectivity index is 1.27. The second-order valence-electron chi connectivity index (χ2n) is 10.3. The summed E-state index contributed by atoms with van der Waals surface area (Å²) in [4.78, 5) is 15.9. The standard InChI is InChI=1S/C32H22BrF4N5OS/c33-20-8-5-18(6-9-20)26-16-42(25-15-19(32(35,36)37)7-14-24(25)34)31(43-26)41-22-12-10-21(11-13-22)40-29-28-23-3-1-2-4-27(23)44-30(28)39-17-38-29/h5-17H,1-4H2,(H,38,39,40). The molecule has 6 nitrogen and oxygen atoms in total. The van der Waals surface area contributed by atoms with Crippen molar-refractivity contribution in [2.75, 3.05) is 5.32 Å². The van der Waals surface area contributed by atoms with Crippen LogP contribution in [0.3, 0.4) is 0 Å². The van der Waals surface area contributed by atoms with Crippen LogP contribution in [-0.4, -0.2) is 14.5 Å². The van der Waals surface area contributed by atoms with Crippen LogP contribution < -0.4 is 11.0 Å². The highest BCUT2D eigenvalue weighted by molar-refractivity contribution is 9.10. The Hall–Kier alpha value is -4.29. The molecule has 0 radical (unpaired) electrons. The number of oxazole rings is 1. The molecule has 44 heavy (non-hydrogen) atoms. The number of fused-ring (bicyclic) bond motifs is 3. The van der Waals surface area contributed by atoms with Gasteiger partial charge in [0.25, 0.3) is 0 Å². The third-order valence-electron chi connectivity index (χ3n) is 7.42. The Morgan fingerprint density at radius 3 is 2.50 bits per heavy atom. The summed E-state index contributed by atoms with van der Waals surface area (Å²) in [5.41, 5.74) is 1.76. The molecule has 0 aliphatic heterocycles. The van der Waals surface area contributed by atoms with E-state index < -0.39 is 17.6 Å². The summed E-state index contributed by atoms with van der Waals surface area (Å²) >= 11 is 5.11. The van der Waals surface area contributed by atoms with Crippen LogP contribution in [0.2, 0.25) is 0 Å². The molecule has 0 atom stereocenters. The number of rotatable bonds is 5. The van der Waals surface area contributed by atoms with Gasteiger partial charge in [0.2, 0.25) is 0 Å². The monoisotopic (exact) mass is 679 g/mol. The smallest absolute Gasteiger partial charge is 0.416 e. The summed E-state index contributed by atoms with van der Waals surface area (Å²) in [5, 5.41) is 4.45. The Morgan fingerprint density at radius 2 is 1.73 bits per heavy atom. The Kier molecular flexibility index (Phi) is 7.33. The van der Waals surface area contributed by atoms with Gasteiger partial charge in [-0.25, -0.2) is 14.4 Å². The van der Waals surface area contributed by atoms with Crippen molar-refractivity contribution in [3.63, 3.8) is 0 Å². The first-order valence-electron chi connectivity index (χ1n) is 13.8. The highest BCUT2D eigenvalue weighted by atomic mass is 79.9. The lowest BCUT2D eigenvalue weighted by molar-refractivity contribution is -0.137. The van der Waals surface area contributed by atoms with E-state index >= 15 is 0 Å². The fourth-order valence-electron chi connectivity index (χ4n) is 5.27. The first kappa shape index (κ1) is 28.5. The van der Waals surface area contributed by atoms with Gasteiger partial charge in [0.05, 0.1) is 28.5 Å². The predicted octanol–water partition coefficient (Wildman–Crippen LogP) is 9.52. The molecule has 3 aromatic heterocycles. The first-order valence-corrected chi connectivity index (χ1v) is 15.4. The molecule has 0 amide bonds. The molecule has 0 saturated heterocycles. The molecule has 0 fully saturated rings. The number of aromatic nitrogens is 3. The number of benzene rings is 3. The van der Waals surface area contributed by atoms with Crippen LogP contribution in [0.4, 0.5) is 34.8 Å². The van der Waals surface area contributed by atoms with E-state index in [4.69, 9.17) is 4.42 Å². The van der Waals surface area contributed by atoms with E-state index in [1.54, 1.807) is 54.1 Å². The maximum atomic E-state index is 15.0. The average Bonchev–Trinajstić information content (AvgIpc) is 3.60. The summed E-state index contributed by atoms with van der Waals surface area (Å²) in [6.07, 6.45) is 2.73. The molecule has 3 heterocycles. The van der Waals surface area contributed by atoms with E-state index in [9.17, 15) is 17.6 Å². The van der Waals surface area contributed by atoms with E-state index in [0.29, 0.717) is 23.1 Å². The fourth-order valence-corrected chi connectivity index (χ4v) is 6.76. The summed E-state index contributed by atoms with van der Waals surface area (Å²) in [5.74, 6) is 0.189. The summed E-state index contributed by atoms with van der Waals surface area (Å²) < 4.78 is 63.6. The zero-order valence-electron chi connectivity index (χ0n) is 22.8. The molecule has 0 spiro atoms. The Labute approximate surface area is 260 Å². The quantitative estimate of drug-likeness (QED) is 0.184. The van der Waals surface area contributed by atoms with Crippen molar-refractivity contribution in [2.24, 2.45) is 4.99 Å². The normalized spacial score (nSPS) is 13.8. The Bertz CT molecular complexity index is 2060. The highest BCUT2D eigenvalue weighted by Gasteiger charge is 2.31. The maximum Gasteiger partial charge on any atom is 0.416 e. The SMILES string of the molecule is Fc1ccc(C(F)(F)F)cc1-n1cc(-c2ccc(Br)cc2)oc1=Nc1ccc(Nc2ncnc3sc4c(c23)CCCC4)cc1. The third kappa shape index (κ3) is 5.55. The van der Waals surface area contributed by atoms with Gasteiger partial charge in [-0.2, -0.15) is 18.2 Å². The van der Waals surface area contributed by atoms with Gasteiger partial charge in [-0.3, -0.25) is 4.57 Å². The molecule has 1 N–H and O–H groups in total. The van der Waals surface area contributed by atoms with Crippen LogP contribution in [0.15, 0.2) is 93.1 Å². The number of alkyl halides is 3. The zero-order chi connectivity index (χ0) is 30.4. The Morgan fingerprint density at radius 1 is 0.955 bits per heavy atom. The predicted molar refractivity (Wildman–Crippen MR) is 165 cm³/mol. The van der Waals surface area contributed by atoms with E-state index in [2.05, 4.69) is 36.2 Å². The second-order valence-corrected chi connectivity index (χ2v) is 12.3. The number of anilines is 2. The van der Waals surface area contributed by atoms with Gasteiger partial charge in [-0.15, -0.1) is 11.3 Å². The molecule has 3 aromatic carbocycles. The number of halogens is 5. The van der Waals surface area contributed by atoms with Gasteiger partial charge < -0.3 is 9.73 Å². The number of thiophene rings is 1. The molecule has 7 rings (SSSR count). The van der Waals surface area contributed by atoms with Crippen molar-refractivity contribution in [1.29, 1.82) is 0 Å². The topological polar surface area (TPSA) is 68.2 Å². The van der Waals surface area contributed by atoms with Gasteiger partial charge in [0, 0.05) is 20.6 Å². The van der Waals surface area contributed by atoms with Crippen LogP contribution in [-0.2, 0) is 19.0 Å². The number of hydrogen-bond acceptors (Lipinski definition) is 6. The molecule has 1 aliphatic rings. The molecule has 0 unspecified atom stereocenters. The van der Waals surface area contributed by atoms with Gasteiger partial charge in [0.15, 0.2) is 5.76 Å². The van der Waals surface area contributed by atoms with Crippen LogP contribution >= 0.6 is 27.3 Å². The van der Waals surface area contributed by atoms with Crippen LogP contribution in [0.1, 0.15) is 28.8 Å². The van der Waals surface area contributed by atoms with Crippen molar-refractivity contribution in [2.45, 2.75) is 31.9 Å². The summed E-state index contributed by atoms with van der Waals surface area (Å²) in [6, 6.07) is 16.5. The van der Waals surface area contributed by atoms with Crippen LogP contribution in [0.5, 0.6) is 0 Å². The lowest BCUT2D eigenvalue weighted by Crippen LogP contribution is -2.16. The molecular weight excluding hydrogens is 658 g/mol. The number of nitrogens with one attached hydrogen (secondary N) is 1. The minimum atomic E-state index is -4.65. The van der Waals surface area contributed by atoms with Crippen molar-refractivity contribution in [3.8, 4) is 17.0 Å². The van der Waals surface area contributed by atoms with E-state index in [1.807, 2.05) is 12.1 Å². The maximum absolute atomic E-state index is 15.0. The van der Waals surface area contributed by atoms with Crippen molar-refractivity contribution < 1.29 is 22.0 Å². The molecule has 0 bridgehead atoms. The fraction of sp³-hybridized carbons (Fsp3) is 0.156. The number of nitrogens with zero attached hydrogens (tertiary/aromatic N) is 4. The van der Waals surface area contributed by atoms with E-state index in [1.165, 1.54) is 27.6 Å². The minimum Gasteiger partial charge on any atom is -0.423 e. The first-order chi connectivity index (χ1) is 21.2. The summed E-state index contributed by atoms with van der Waals surface area (Å²) in [6.45, 7) is 0. The molecule has 6 aromatic rings. The molecular formula is C32H22BrF4N5OS. The van der Waals surface area contributed by atoms with Gasteiger partial charge >= 0.3 is 11.9 Å².